The van der Waals surface area contributed by atoms with Crippen molar-refractivity contribution in [2.24, 2.45) is 0 Å². The maximum Gasteiger partial charge on any atom is 0.227 e. The van der Waals surface area contributed by atoms with Crippen LogP contribution in [0.1, 0.15) is 29.0 Å². The highest BCUT2D eigenvalue weighted by Crippen LogP contribution is 2.28. The molecule has 0 radical (unpaired) electrons. The zero-order valence-corrected chi connectivity index (χ0v) is 12.8. The number of carbonyl (C=O) groups excluding carboxylic acids is 1. The largest absolute Gasteiger partial charge is 0.508 e. The molecule has 0 unspecified atom stereocenters. The van der Waals surface area contributed by atoms with Gasteiger partial charge in [0.1, 0.15) is 5.75 Å². The SMILES string of the molecule is Cc1cccc(CC(=O)N2CC[C@H](c3ccc(O)cc3)C2)c1. The number of carbonyl (C=O) groups is 1. The van der Waals surface area contributed by atoms with E-state index in [4.69, 9.17) is 0 Å². The molecule has 3 nitrogen and oxygen atoms in total. The van der Waals surface area contributed by atoms with Crippen LogP contribution in [0.3, 0.4) is 0 Å². The minimum absolute atomic E-state index is 0.201. The van der Waals surface area contributed by atoms with Crippen LogP contribution in [0.15, 0.2) is 48.5 Å². The molecule has 0 aromatic heterocycles. The molecule has 1 saturated heterocycles. The quantitative estimate of drug-likeness (QED) is 0.944. The predicted molar refractivity (Wildman–Crippen MR) is 86.9 cm³/mol. The average molecular weight is 295 g/mol. The molecule has 3 rings (SSSR count). The smallest absolute Gasteiger partial charge is 0.227 e. The second kappa shape index (κ2) is 6.22. The van der Waals surface area contributed by atoms with Gasteiger partial charge < -0.3 is 10.0 Å². The van der Waals surface area contributed by atoms with Gasteiger partial charge in [-0.05, 0) is 36.6 Å². The van der Waals surface area contributed by atoms with Crippen LogP contribution < -0.4 is 0 Å². The Morgan fingerprint density at radius 1 is 1.23 bits per heavy atom. The molecule has 114 valence electrons. The number of hydrogen-bond donors (Lipinski definition) is 1. The number of hydrogen-bond acceptors (Lipinski definition) is 2. The zero-order chi connectivity index (χ0) is 15.5. The first-order valence-electron chi connectivity index (χ1n) is 7.74. The summed E-state index contributed by atoms with van der Waals surface area (Å²) in [6.45, 7) is 3.64. The van der Waals surface area contributed by atoms with E-state index in [-0.39, 0.29) is 11.7 Å². The molecular weight excluding hydrogens is 274 g/mol. The van der Waals surface area contributed by atoms with Crippen LogP contribution in [0.5, 0.6) is 5.75 Å². The highest BCUT2D eigenvalue weighted by Gasteiger charge is 2.27. The Morgan fingerprint density at radius 2 is 2.00 bits per heavy atom. The van der Waals surface area contributed by atoms with Crippen molar-refractivity contribution in [2.45, 2.75) is 25.7 Å². The van der Waals surface area contributed by atoms with E-state index in [9.17, 15) is 9.90 Å². The molecule has 0 aliphatic carbocycles. The van der Waals surface area contributed by atoms with Crippen molar-refractivity contribution in [2.75, 3.05) is 13.1 Å². The van der Waals surface area contributed by atoms with E-state index < -0.39 is 0 Å². The molecule has 22 heavy (non-hydrogen) atoms. The van der Waals surface area contributed by atoms with E-state index in [1.807, 2.05) is 42.2 Å². The van der Waals surface area contributed by atoms with Crippen molar-refractivity contribution in [3.8, 4) is 5.75 Å². The third kappa shape index (κ3) is 3.30. The summed E-state index contributed by atoms with van der Waals surface area (Å²) in [6, 6.07) is 15.5. The van der Waals surface area contributed by atoms with Crippen LogP contribution in [0.2, 0.25) is 0 Å². The number of phenols is 1. The molecule has 0 spiro atoms. The van der Waals surface area contributed by atoms with Gasteiger partial charge in [-0.25, -0.2) is 0 Å². The van der Waals surface area contributed by atoms with Crippen molar-refractivity contribution < 1.29 is 9.90 Å². The number of rotatable bonds is 3. The van der Waals surface area contributed by atoms with E-state index in [0.29, 0.717) is 12.3 Å². The Kier molecular flexibility index (Phi) is 4.14. The van der Waals surface area contributed by atoms with Gasteiger partial charge in [-0.3, -0.25) is 4.79 Å². The van der Waals surface area contributed by atoms with E-state index >= 15 is 0 Å². The highest BCUT2D eigenvalue weighted by molar-refractivity contribution is 5.79. The van der Waals surface area contributed by atoms with E-state index in [1.54, 1.807) is 12.1 Å². The Hall–Kier alpha value is -2.29. The number of likely N-dealkylation sites (tertiary alicyclic amines) is 1. The van der Waals surface area contributed by atoms with Gasteiger partial charge in [0.15, 0.2) is 0 Å². The lowest BCUT2D eigenvalue weighted by Crippen LogP contribution is -2.29. The summed E-state index contributed by atoms with van der Waals surface area (Å²) in [6.07, 6.45) is 1.47. The Balaban J connectivity index is 1.62. The molecule has 1 atom stereocenters. The number of phenolic OH excluding ortho intramolecular Hbond substituents is 1. The standard InChI is InChI=1S/C19H21NO2/c1-14-3-2-4-15(11-14)12-19(22)20-10-9-17(13-20)16-5-7-18(21)8-6-16/h2-8,11,17,21H,9-10,12-13H2,1H3/t17-/m0/s1. The lowest BCUT2D eigenvalue weighted by Gasteiger charge is -2.17. The fraction of sp³-hybridized carbons (Fsp3) is 0.316. The number of aryl methyl sites for hydroxylation is 1. The van der Waals surface area contributed by atoms with Crippen molar-refractivity contribution >= 4 is 5.91 Å². The maximum atomic E-state index is 12.4. The van der Waals surface area contributed by atoms with E-state index in [0.717, 1.165) is 25.1 Å². The molecule has 3 heteroatoms. The normalized spacial score (nSPS) is 17.7. The van der Waals surface area contributed by atoms with Crippen molar-refractivity contribution in [1.82, 2.24) is 4.90 Å². The number of aromatic hydroxyl groups is 1. The molecule has 1 fully saturated rings. The molecule has 1 amide bonds. The average Bonchev–Trinajstić information content (AvgIpc) is 2.98. The summed E-state index contributed by atoms with van der Waals surface area (Å²) in [5, 5.41) is 9.36. The maximum absolute atomic E-state index is 12.4. The third-order valence-corrected chi connectivity index (χ3v) is 4.34. The lowest BCUT2D eigenvalue weighted by molar-refractivity contribution is -0.129. The number of benzene rings is 2. The summed E-state index contributed by atoms with van der Waals surface area (Å²) in [5.74, 6) is 0.864. The molecule has 0 saturated carbocycles. The van der Waals surface area contributed by atoms with Gasteiger partial charge in [0, 0.05) is 19.0 Å². The Labute approximate surface area is 131 Å². The minimum Gasteiger partial charge on any atom is -0.508 e. The van der Waals surface area contributed by atoms with E-state index in [2.05, 4.69) is 6.07 Å². The van der Waals surface area contributed by atoms with Gasteiger partial charge >= 0.3 is 0 Å². The van der Waals surface area contributed by atoms with Gasteiger partial charge in [-0.2, -0.15) is 0 Å². The summed E-state index contributed by atoms with van der Waals surface area (Å²) in [5.41, 5.74) is 3.47. The highest BCUT2D eigenvalue weighted by atomic mass is 16.3. The molecule has 1 heterocycles. The summed E-state index contributed by atoms with van der Waals surface area (Å²) >= 11 is 0. The second-order valence-corrected chi connectivity index (χ2v) is 6.08. The van der Waals surface area contributed by atoms with Crippen LogP contribution in [-0.4, -0.2) is 29.0 Å². The van der Waals surface area contributed by atoms with Gasteiger partial charge in [0.2, 0.25) is 5.91 Å². The lowest BCUT2D eigenvalue weighted by atomic mass is 9.98. The van der Waals surface area contributed by atoms with Gasteiger partial charge in [-0.1, -0.05) is 42.0 Å². The second-order valence-electron chi connectivity index (χ2n) is 6.08. The topological polar surface area (TPSA) is 40.5 Å². The first-order chi connectivity index (χ1) is 10.6. The first-order valence-corrected chi connectivity index (χ1v) is 7.74. The van der Waals surface area contributed by atoms with Crippen molar-refractivity contribution in [1.29, 1.82) is 0 Å². The summed E-state index contributed by atoms with van der Waals surface area (Å²) in [4.78, 5) is 14.4. The minimum atomic E-state index is 0.201. The van der Waals surface area contributed by atoms with Crippen molar-refractivity contribution in [3.05, 3.63) is 65.2 Å². The molecule has 1 aliphatic rings. The number of nitrogens with zero attached hydrogens (tertiary/aromatic N) is 1. The molecule has 0 bridgehead atoms. The fourth-order valence-electron chi connectivity index (χ4n) is 3.11. The van der Waals surface area contributed by atoms with Crippen LogP contribution in [0.4, 0.5) is 0 Å². The molecule has 1 N–H and O–H groups in total. The zero-order valence-electron chi connectivity index (χ0n) is 12.8. The third-order valence-electron chi connectivity index (χ3n) is 4.34. The molecular formula is C19H21NO2. The monoisotopic (exact) mass is 295 g/mol. The van der Waals surface area contributed by atoms with Crippen LogP contribution in [-0.2, 0) is 11.2 Å². The van der Waals surface area contributed by atoms with Crippen molar-refractivity contribution in [3.63, 3.8) is 0 Å². The van der Waals surface area contributed by atoms with Crippen LogP contribution in [0, 0.1) is 6.92 Å². The van der Waals surface area contributed by atoms with Gasteiger partial charge in [0.25, 0.3) is 0 Å². The first kappa shape index (κ1) is 14.6. The summed E-state index contributed by atoms with van der Waals surface area (Å²) in [7, 11) is 0. The number of amides is 1. The van der Waals surface area contributed by atoms with E-state index in [1.165, 1.54) is 11.1 Å². The van der Waals surface area contributed by atoms with Gasteiger partial charge in [0.05, 0.1) is 6.42 Å². The van der Waals surface area contributed by atoms with Crippen LogP contribution in [0.25, 0.3) is 0 Å². The molecule has 2 aromatic rings. The van der Waals surface area contributed by atoms with Crippen LogP contribution >= 0.6 is 0 Å². The Bertz CT molecular complexity index is 663. The van der Waals surface area contributed by atoms with Gasteiger partial charge in [-0.15, -0.1) is 0 Å². The molecule has 2 aromatic carbocycles. The predicted octanol–water partition coefficient (Wildman–Crippen LogP) is 3.26. The fourth-order valence-corrected chi connectivity index (χ4v) is 3.11. The summed E-state index contributed by atoms with van der Waals surface area (Å²) < 4.78 is 0. The Morgan fingerprint density at radius 3 is 2.73 bits per heavy atom. The molecule has 1 aliphatic heterocycles.